The summed E-state index contributed by atoms with van der Waals surface area (Å²) in [4.78, 5) is 16.9. The molecule has 1 N–H and O–H groups in total. The first-order valence-electron chi connectivity index (χ1n) is 10.3. The molecule has 0 aliphatic carbocycles. The molecule has 3 atom stereocenters. The maximum atomic E-state index is 13.6. The number of benzene rings is 2. The number of hydrogen-bond acceptors (Lipinski definition) is 4. The number of amides is 1. The van der Waals surface area contributed by atoms with Crippen LogP contribution >= 0.6 is 0 Å². The SMILES string of the molecule is Cc1ccc2c(c1)[C@@H]1C[NH+](C)CC[C@H]1N2C(=O)/C(C#N)=C/c1ccc2c(c1)OCO2. The fourth-order valence-corrected chi connectivity index (χ4v) is 4.91. The van der Waals surface area contributed by atoms with Crippen molar-refractivity contribution in [1.82, 2.24) is 0 Å². The van der Waals surface area contributed by atoms with Crippen LogP contribution in [0.1, 0.15) is 29.0 Å². The molecule has 0 spiro atoms. The van der Waals surface area contributed by atoms with Gasteiger partial charge in [0, 0.05) is 12.1 Å². The molecule has 5 rings (SSSR count). The van der Waals surface area contributed by atoms with E-state index >= 15 is 0 Å². The molecule has 3 aliphatic heterocycles. The number of nitriles is 1. The number of aryl methyl sites for hydroxylation is 1. The lowest BCUT2D eigenvalue weighted by atomic mass is 9.88. The number of rotatable bonds is 2. The molecule has 1 fully saturated rings. The Balaban J connectivity index is 1.52. The summed E-state index contributed by atoms with van der Waals surface area (Å²) in [6.45, 7) is 4.29. The van der Waals surface area contributed by atoms with Crippen LogP contribution in [0.15, 0.2) is 42.0 Å². The van der Waals surface area contributed by atoms with Crippen LogP contribution in [0.3, 0.4) is 0 Å². The van der Waals surface area contributed by atoms with Crippen molar-refractivity contribution >= 4 is 17.7 Å². The van der Waals surface area contributed by atoms with Gasteiger partial charge in [-0.2, -0.15) is 5.26 Å². The topological polar surface area (TPSA) is 67.0 Å². The van der Waals surface area contributed by atoms with Crippen molar-refractivity contribution in [2.24, 2.45) is 0 Å². The highest BCUT2D eigenvalue weighted by Gasteiger charge is 2.46. The van der Waals surface area contributed by atoms with Crippen molar-refractivity contribution in [3.05, 3.63) is 58.7 Å². The Morgan fingerprint density at radius 1 is 1.23 bits per heavy atom. The van der Waals surface area contributed by atoms with Crippen molar-refractivity contribution < 1.29 is 19.2 Å². The van der Waals surface area contributed by atoms with Gasteiger partial charge in [0.25, 0.3) is 5.91 Å². The number of carbonyl (C=O) groups is 1. The Hall–Kier alpha value is -3.30. The van der Waals surface area contributed by atoms with Crippen LogP contribution in [0.5, 0.6) is 11.5 Å². The van der Waals surface area contributed by atoms with Crippen molar-refractivity contribution in [1.29, 1.82) is 5.26 Å². The lowest BCUT2D eigenvalue weighted by Gasteiger charge is -2.34. The molecule has 0 saturated carbocycles. The summed E-state index contributed by atoms with van der Waals surface area (Å²) in [6, 6.07) is 14.0. The van der Waals surface area contributed by atoms with E-state index in [0.29, 0.717) is 17.4 Å². The molecule has 3 heterocycles. The third kappa shape index (κ3) is 3.03. The summed E-state index contributed by atoms with van der Waals surface area (Å²) in [5.74, 6) is 1.39. The molecule has 0 radical (unpaired) electrons. The van der Waals surface area contributed by atoms with Crippen molar-refractivity contribution in [2.75, 3.05) is 31.8 Å². The first-order valence-corrected chi connectivity index (χ1v) is 10.3. The number of fused-ring (bicyclic) bond motifs is 4. The van der Waals surface area contributed by atoms with Crippen LogP contribution < -0.4 is 19.3 Å². The van der Waals surface area contributed by atoms with Gasteiger partial charge in [0.2, 0.25) is 6.79 Å². The summed E-state index contributed by atoms with van der Waals surface area (Å²) in [7, 11) is 2.20. The van der Waals surface area contributed by atoms with Crippen molar-refractivity contribution in [2.45, 2.75) is 25.3 Å². The number of likely N-dealkylation sites (tertiary alicyclic amines) is 1. The molecule has 2 aromatic carbocycles. The third-order valence-electron chi connectivity index (χ3n) is 6.35. The highest BCUT2D eigenvalue weighted by molar-refractivity contribution is 6.12. The minimum Gasteiger partial charge on any atom is -0.454 e. The molecule has 1 amide bonds. The summed E-state index contributed by atoms with van der Waals surface area (Å²) in [5.41, 5.74) is 4.25. The molecule has 0 bridgehead atoms. The summed E-state index contributed by atoms with van der Waals surface area (Å²) < 4.78 is 10.8. The minimum absolute atomic E-state index is 0.103. The number of nitrogens with one attached hydrogen (secondary N) is 1. The summed E-state index contributed by atoms with van der Waals surface area (Å²) >= 11 is 0. The predicted molar refractivity (Wildman–Crippen MR) is 113 cm³/mol. The Bertz CT molecular complexity index is 1100. The maximum absolute atomic E-state index is 13.6. The molecule has 3 aliphatic rings. The Labute approximate surface area is 175 Å². The molecule has 6 nitrogen and oxygen atoms in total. The van der Waals surface area contributed by atoms with E-state index in [0.717, 1.165) is 30.8 Å². The van der Waals surface area contributed by atoms with E-state index in [1.165, 1.54) is 16.0 Å². The number of carbonyl (C=O) groups excluding carboxylic acids is 1. The monoisotopic (exact) mass is 402 g/mol. The van der Waals surface area contributed by atoms with Gasteiger partial charge < -0.3 is 19.3 Å². The fraction of sp³-hybridized carbons (Fsp3) is 0.333. The molecule has 2 aromatic rings. The van der Waals surface area contributed by atoms with Gasteiger partial charge in [0.15, 0.2) is 11.5 Å². The number of likely N-dealkylation sites (N-methyl/N-ethyl adjacent to an activating group) is 1. The van der Waals surface area contributed by atoms with Gasteiger partial charge in [-0.3, -0.25) is 4.79 Å². The van der Waals surface area contributed by atoms with Gasteiger partial charge in [-0.05, 0) is 42.3 Å². The van der Waals surface area contributed by atoms with E-state index in [4.69, 9.17) is 9.47 Å². The minimum atomic E-state index is -0.229. The van der Waals surface area contributed by atoms with E-state index in [1.54, 1.807) is 18.2 Å². The second-order valence-electron chi connectivity index (χ2n) is 8.39. The van der Waals surface area contributed by atoms with E-state index in [1.807, 2.05) is 23.1 Å². The molecular weight excluding hydrogens is 378 g/mol. The molecule has 1 unspecified atom stereocenters. The number of ether oxygens (including phenoxy) is 2. The largest absolute Gasteiger partial charge is 0.454 e. The normalized spacial score (nSPS) is 24.2. The van der Waals surface area contributed by atoms with Crippen molar-refractivity contribution in [3.63, 3.8) is 0 Å². The van der Waals surface area contributed by atoms with E-state index in [2.05, 4.69) is 26.1 Å². The first-order chi connectivity index (χ1) is 14.5. The smallest absolute Gasteiger partial charge is 0.269 e. The van der Waals surface area contributed by atoms with E-state index < -0.39 is 0 Å². The molecule has 152 valence electrons. The second-order valence-corrected chi connectivity index (χ2v) is 8.39. The van der Waals surface area contributed by atoms with Crippen LogP contribution in [0.4, 0.5) is 5.69 Å². The fourth-order valence-electron chi connectivity index (χ4n) is 4.91. The zero-order chi connectivity index (χ0) is 20.8. The lowest BCUT2D eigenvalue weighted by Crippen LogP contribution is -3.11. The van der Waals surface area contributed by atoms with Gasteiger partial charge in [-0.1, -0.05) is 23.8 Å². The zero-order valence-corrected chi connectivity index (χ0v) is 17.1. The third-order valence-corrected chi connectivity index (χ3v) is 6.35. The van der Waals surface area contributed by atoms with Crippen LogP contribution in [0, 0.1) is 18.3 Å². The van der Waals surface area contributed by atoms with Gasteiger partial charge in [0.05, 0.1) is 32.1 Å². The molecule has 6 heteroatoms. The second kappa shape index (κ2) is 7.19. The van der Waals surface area contributed by atoms with Crippen LogP contribution in [-0.4, -0.2) is 38.9 Å². The average Bonchev–Trinajstić information content (AvgIpc) is 3.33. The quantitative estimate of drug-likeness (QED) is 0.617. The number of anilines is 1. The standard InChI is InChI=1S/C24H23N3O3/c1-15-3-5-20-18(9-15)19-13-26(2)8-7-21(19)27(20)24(28)17(12-25)10-16-4-6-22-23(11-16)30-14-29-22/h3-6,9-11,19,21H,7-8,13-14H2,1-2H3/p+1/b17-10+/t19-,21+/m0/s1. The Morgan fingerprint density at radius 3 is 2.90 bits per heavy atom. The number of quaternary nitrogens is 1. The van der Waals surface area contributed by atoms with Crippen LogP contribution in [-0.2, 0) is 4.79 Å². The zero-order valence-electron chi connectivity index (χ0n) is 17.1. The maximum Gasteiger partial charge on any atom is 0.269 e. The molecule has 1 saturated heterocycles. The number of nitrogens with zero attached hydrogens (tertiary/aromatic N) is 2. The highest BCUT2D eigenvalue weighted by Crippen LogP contribution is 2.43. The van der Waals surface area contributed by atoms with Crippen LogP contribution in [0.2, 0.25) is 0 Å². The van der Waals surface area contributed by atoms with Gasteiger partial charge in [-0.25, -0.2) is 0 Å². The first kappa shape index (κ1) is 18.7. The molecule has 30 heavy (non-hydrogen) atoms. The molecular formula is C24H24N3O3+. The van der Waals surface area contributed by atoms with Gasteiger partial charge >= 0.3 is 0 Å². The Morgan fingerprint density at radius 2 is 2.07 bits per heavy atom. The number of piperidine rings is 1. The number of hydrogen-bond donors (Lipinski definition) is 1. The molecule has 0 aromatic heterocycles. The average molecular weight is 402 g/mol. The summed E-state index contributed by atoms with van der Waals surface area (Å²) in [5, 5.41) is 9.82. The summed E-state index contributed by atoms with van der Waals surface area (Å²) in [6.07, 6.45) is 2.57. The van der Waals surface area contributed by atoms with Crippen molar-refractivity contribution in [3.8, 4) is 17.6 Å². The van der Waals surface area contributed by atoms with E-state index in [-0.39, 0.29) is 24.3 Å². The predicted octanol–water partition coefficient (Wildman–Crippen LogP) is 2.05. The highest BCUT2D eigenvalue weighted by atomic mass is 16.7. The van der Waals surface area contributed by atoms with Gasteiger partial charge in [0.1, 0.15) is 11.6 Å². The lowest BCUT2D eigenvalue weighted by molar-refractivity contribution is -0.886. The van der Waals surface area contributed by atoms with Gasteiger partial charge in [-0.15, -0.1) is 0 Å². The van der Waals surface area contributed by atoms with Crippen LogP contribution in [0.25, 0.3) is 6.08 Å². The Kier molecular flexibility index (Phi) is 4.48. The van der Waals surface area contributed by atoms with E-state index in [9.17, 15) is 10.1 Å².